The molecule has 0 unspecified atom stereocenters. The molecule has 1 aliphatic rings. The summed E-state index contributed by atoms with van der Waals surface area (Å²) >= 11 is 0. The summed E-state index contributed by atoms with van der Waals surface area (Å²) in [5.74, 6) is 3.35. The molecule has 4 heteroatoms. The van der Waals surface area contributed by atoms with E-state index in [-0.39, 0.29) is 5.54 Å². The van der Waals surface area contributed by atoms with Crippen LogP contribution in [0.1, 0.15) is 64.5 Å². The molecule has 0 amide bonds. The van der Waals surface area contributed by atoms with Gasteiger partial charge in [-0.1, -0.05) is 27.2 Å². The second kappa shape index (κ2) is 5.61. The van der Waals surface area contributed by atoms with Gasteiger partial charge in [0, 0.05) is 13.5 Å². The maximum absolute atomic E-state index is 6.62. The van der Waals surface area contributed by atoms with E-state index in [1.54, 1.807) is 0 Å². The van der Waals surface area contributed by atoms with E-state index in [2.05, 4.69) is 25.9 Å². The lowest BCUT2D eigenvalue weighted by Gasteiger charge is -2.35. The molecule has 108 valence electrons. The Bertz CT molecular complexity index is 414. The van der Waals surface area contributed by atoms with Crippen molar-refractivity contribution in [3.63, 3.8) is 0 Å². The van der Waals surface area contributed by atoms with Crippen LogP contribution in [-0.4, -0.2) is 14.8 Å². The first kappa shape index (κ1) is 14.5. The molecule has 1 heterocycles. The van der Waals surface area contributed by atoms with E-state index in [0.29, 0.717) is 5.92 Å². The fraction of sp³-hybridized carbons (Fsp3) is 0.867. The maximum atomic E-state index is 6.62. The monoisotopic (exact) mass is 264 g/mol. The molecule has 1 fully saturated rings. The predicted octanol–water partition coefficient (Wildman–Crippen LogP) is 2.77. The van der Waals surface area contributed by atoms with Crippen LogP contribution in [0.25, 0.3) is 0 Å². The molecule has 4 nitrogen and oxygen atoms in total. The number of hydrogen-bond donors (Lipinski definition) is 1. The van der Waals surface area contributed by atoms with Crippen molar-refractivity contribution in [1.29, 1.82) is 0 Å². The highest BCUT2D eigenvalue weighted by Crippen LogP contribution is 2.37. The molecule has 1 aromatic rings. The SMILES string of the molecule is CCC1CCC(N)(c2nc(CC(C)C)nn2C)CC1. The summed E-state index contributed by atoms with van der Waals surface area (Å²) in [6.45, 7) is 6.67. The van der Waals surface area contributed by atoms with Gasteiger partial charge in [0.1, 0.15) is 5.82 Å². The van der Waals surface area contributed by atoms with Crippen LogP contribution >= 0.6 is 0 Å². The Hall–Kier alpha value is -0.900. The van der Waals surface area contributed by atoms with Crippen LogP contribution in [0.3, 0.4) is 0 Å². The Balaban J connectivity index is 2.14. The van der Waals surface area contributed by atoms with Gasteiger partial charge < -0.3 is 5.73 Å². The Morgan fingerprint density at radius 2 is 2.00 bits per heavy atom. The molecule has 1 saturated carbocycles. The molecule has 19 heavy (non-hydrogen) atoms. The minimum absolute atomic E-state index is 0.261. The lowest BCUT2D eigenvalue weighted by atomic mass is 9.76. The quantitative estimate of drug-likeness (QED) is 0.909. The molecular weight excluding hydrogens is 236 g/mol. The molecule has 2 N–H and O–H groups in total. The number of nitrogens with zero attached hydrogens (tertiary/aromatic N) is 3. The van der Waals surface area contributed by atoms with Gasteiger partial charge in [-0.15, -0.1) is 0 Å². The van der Waals surface area contributed by atoms with E-state index in [1.807, 2.05) is 11.7 Å². The highest BCUT2D eigenvalue weighted by Gasteiger charge is 2.36. The lowest BCUT2D eigenvalue weighted by Crippen LogP contribution is -2.42. The number of hydrogen-bond acceptors (Lipinski definition) is 3. The van der Waals surface area contributed by atoms with Crippen molar-refractivity contribution >= 4 is 0 Å². The van der Waals surface area contributed by atoms with Crippen molar-refractivity contribution in [3.05, 3.63) is 11.6 Å². The van der Waals surface area contributed by atoms with Crippen molar-refractivity contribution in [2.24, 2.45) is 24.6 Å². The van der Waals surface area contributed by atoms with Crippen molar-refractivity contribution in [3.8, 4) is 0 Å². The van der Waals surface area contributed by atoms with Gasteiger partial charge in [0.25, 0.3) is 0 Å². The summed E-state index contributed by atoms with van der Waals surface area (Å²) in [5, 5.41) is 4.54. The molecule has 0 saturated heterocycles. The van der Waals surface area contributed by atoms with E-state index < -0.39 is 0 Å². The van der Waals surface area contributed by atoms with E-state index in [1.165, 1.54) is 19.3 Å². The van der Waals surface area contributed by atoms with Crippen LogP contribution in [0.2, 0.25) is 0 Å². The van der Waals surface area contributed by atoms with E-state index >= 15 is 0 Å². The Kier molecular flexibility index (Phi) is 4.29. The maximum Gasteiger partial charge on any atom is 0.151 e. The predicted molar refractivity (Wildman–Crippen MR) is 77.7 cm³/mol. The minimum Gasteiger partial charge on any atom is -0.319 e. The summed E-state index contributed by atoms with van der Waals surface area (Å²) in [4.78, 5) is 4.72. The van der Waals surface area contributed by atoms with Crippen LogP contribution in [0.15, 0.2) is 0 Å². The first-order valence-corrected chi connectivity index (χ1v) is 7.64. The third kappa shape index (κ3) is 3.16. The van der Waals surface area contributed by atoms with Gasteiger partial charge in [0.2, 0.25) is 0 Å². The van der Waals surface area contributed by atoms with Gasteiger partial charge in [0.05, 0.1) is 5.54 Å². The fourth-order valence-electron chi connectivity index (χ4n) is 3.15. The normalized spacial score (nSPS) is 28.0. The number of nitrogens with two attached hydrogens (primary N) is 1. The van der Waals surface area contributed by atoms with E-state index in [4.69, 9.17) is 10.7 Å². The molecule has 1 aliphatic carbocycles. The second-order valence-electron chi connectivity index (χ2n) is 6.58. The van der Waals surface area contributed by atoms with Gasteiger partial charge in [-0.2, -0.15) is 5.10 Å². The summed E-state index contributed by atoms with van der Waals surface area (Å²) in [6.07, 6.45) is 6.73. The first-order valence-electron chi connectivity index (χ1n) is 7.64. The zero-order valence-corrected chi connectivity index (χ0v) is 12.8. The minimum atomic E-state index is -0.261. The molecule has 0 spiro atoms. The molecule has 0 aliphatic heterocycles. The molecule has 0 bridgehead atoms. The highest BCUT2D eigenvalue weighted by molar-refractivity contribution is 5.09. The number of aromatic nitrogens is 3. The van der Waals surface area contributed by atoms with Gasteiger partial charge in [-0.25, -0.2) is 4.98 Å². The van der Waals surface area contributed by atoms with Crippen molar-refractivity contribution in [1.82, 2.24) is 14.8 Å². The molecular formula is C15H28N4. The van der Waals surface area contributed by atoms with Crippen molar-refractivity contribution < 1.29 is 0 Å². The first-order chi connectivity index (χ1) is 8.94. The summed E-state index contributed by atoms with van der Waals surface area (Å²) in [7, 11) is 1.98. The summed E-state index contributed by atoms with van der Waals surface area (Å²) in [6, 6.07) is 0. The van der Waals surface area contributed by atoms with Crippen molar-refractivity contribution in [2.75, 3.05) is 0 Å². The zero-order chi connectivity index (χ0) is 14.0. The van der Waals surface area contributed by atoms with Gasteiger partial charge in [0.15, 0.2) is 5.82 Å². The van der Waals surface area contributed by atoms with Crippen molar-refractivity contribution in [2.45, 2.75) is 64.8 Å². The third-order valence-corrected chi connectivity index (χ3v) is 4.42. The van der Waals surface area contributed by atoms with Crippen LogP contribution in [0.4, 0.5) is 0 Å². The smallest absolute Gasteiger partial charge is 0.151 e. The Labute approximate surface area is 116 Å². The molecule has 0 aromatic carbocycles. The zero-order valence-electron chi connectivity index (χ0n) is 12.8. The van der Waals surface area contributed by atoms with Gasteiger partial charge in [-0.3, -0.25) is 4.68 Å². The van der Waals surface area contributed by atoms with E-state index in [0.717, 1.165) is 36.8 Å². The third-order valence-electron chi connectivity index (χ3n) is 4.42. The largest absolute Gasteiger partial charge is 0.319 e. The van der Waals surface area contributed by atoms with Crippen LogP contribution < -0.4 is 5.73 Å². The average Bonchev–Trinajstić information content (AvgIpc) is 2.71. The average molecular weight is 264 g/mol. The van der Waals surface area contributed by atoms with Crippen LogP contribution in [0.5, 0.6) is 0 Å². The standard InChI is InChI=1S/C15H28N4/c1-5-12-6-8-15(16,9-7-12)14-17-13(10-11(2)3)18-19(14)4/h11-12H,5-10,16H2,1-4H3. The fourth-order valence-corrected chi connectivity index (χ4v) is 3.15. The molecule has 2 rings (SSSR count). The molecule has 0 atom stereocenters. The van der Waals surface area contributed by atoms with Gasteiger partial charge >= 0.3 is 0 Å². The number of aryl methyl sites for hydroxylation is 1. The molecule has 1 aromatic heterocycles. The second-order valence-corrected chi connectivity index (χ2v) is 6.58. The van der Waals surface area contributed by atoms with Gasteiger partial charge in [-0.05, 0) is 37.5 Å². The van der Waals surface area contributed by atoms with E-state index in [9.17, 15) is 0 Å². The number of rotatable bonds is 4. The Morgan fingerprint density at radius 3 is 2.53 bits per heavy atom. The summed E-state index contributed by atoms with van der Waals surface area (Å²) < 4.78 is 1.91. The lowest BCUT2D eigenvalue weighted by molar-refractivity contribution is 0.217. The Morgan fingerprint density at radius 1 is 1.37 bits per heavy atom. The molecule has 0 radical (unpaired) electrons. The topological polar surface area (TPSA) is 56.7 Å². The highest BCUT2D eigenvalue weighted by atomic mass is 15.3. The summed E-state index contributed by atoms with van der Waals surface area (Å²) in [5.41, 5.74) is 6.36. The van der Waals surface area contributed by atoms with Crippen LogP contribution in [-0.2, 0) is 19.0 Å². The van der Waals surface area contributed by atoms with Crippen LogP contribution in [0, 0.1) is 11.8 Å².